The summed E-state index contributed by atoms with van der Waals surface area (Å²) in [5.74, 6) is 1.52. The predicted octanol–water partition coefficient (Wildman–Crippen LogP) is 0.696. The van der Waals surface area contributed by atoms with Crippen LogP contribution in [0, 0.1) is 0 Å². The molecule has 0 amide bonds. The molecule has 1 aromatic heterocycles. The first-order valence-corrected chi connectivity index (χ1v) is 3.00. The fraction of sp³-hybridized carbons (Fsp3) is 0.500. The van der Waals surface area contributed by atoms with Gasteiger partial charge >= 0.3 is 0 Å². The molecule has 0 unspecified atom stereocenters. The lowest BCUT2D eigenvalue weighted by atomic mass is 10.4. The topological polar surface area (TPSA) is 52.0 Å². The van der Waals surface area contributed by atoms with Crippen LogP contribution >= 0.6 is 0 Å². The molecule has 0 radical (unpaired) electrons. The van der Waals surface area contributed by atoms with Crippen molar-refractivity contribution < 1.29 is 4.42 Å². The standard InChI is InChI=1S/C6H10N2O/c1-2-5-4-8-6(3-7)9-5/h4H,2-3,7H2,1H3. The summed E-state index contributed by atoms with van der Waals surface area (Å²) in [4.78, 5) is 3.91. The Kier molecular flexibility index (Phi) is 1.85. The highest BCUT2D eigenvalue weighted by Crippen LogP contribution is 2.01. The van der Waals surface area contributed by atoms with Crippen LogP contribution in [-0.4, -0.2) is 4.98 Å². The van der Waals surface area contributed by atoms with E-state index in [4.69, 9.17) is 10.2 Å². The van der Waals surface area contributed by atoms with Gasteiger partial charge in [-0.15, -0.1) is 0 Å². The smallest absolute Gasteiger partial charge is 0.208 e. The summed E-state index contributed by atoms with van der Waals surface area (Å²) in [5.41, 5.74) is 5.26. The number of aryl methyl sites for hydroxylation is 1. The van der Waals surface area contributed by atoms with E-state index < -0.39 is 0 Å². The molecule has 0 saturated heterocycles. The number of oxazole rings is 1. The van der Waals surface area contributed by atoms with Crippen molar-refractivity contribution in [2.45, 2.75) is 19.9 Å². The quantitative estimate of drug-likeness (QED) is 0.634. The molecule has 0 atom stereocenters. The highest BCUT2D eigenvalue weighted by molar-refractivity contribution is 4.92. The molecule has 0 saturated carbocycles. The van der Waals surface area contributed by atoms with Crippen molar-refractivity contribution in [1.29, 1.82) is 0 Å². The van der Waals surface area contributed by atoms with Gasteiger partial charge in [-0.2, -0.15) is 0 Å². The third-order valence-electron chi connectivity index (χ3n) is 1.12. The Morgan fingerprint density at radius 3 is 2.89 bits per heavy atom. The molecule has 3 nitrogen and oxygen atoms in total. The zero-order valence-electron chi connectivity index (χ0n) is 5.42. The molecule has 9 heavy (non-hydrogen) atoms. The lowest BCUT2D eigenvalue weighted by molar-refractivity contribution is 0.461. The SMILES string of the molecule is CCc1cnc(CN)o1. The minimum atomic E-state index is 0.389. The van der Waals surface area contributed by atoms with Gasteiger partial charge in [0.15, 0.2) is 0 Å². The van der Waals surface area contributed by atoms with Crippen LogP contribution in [0.2, 0.25) is 0 Å². The van der Waals surface area contributed by atoms with Crippen LogP contribution < -0.4 is 5.73 Å². The van der Waals surface area contributed by atoms with Gasteiger partial charge in [0.2, 0.25) is 5.89 Å². The fourth-order valence-electron chi connectivity index (χ4n) is 0.606. The van der Waals surface area contributed by atoms with Crippen molar-refractivity contribution >= 4 is 0 Å². The van der Waals surface area contributed by atoms with E-state index in [1.165, 1.54) is 0 Å². The van der Waals surface area contributed by atoms with E-state index in [-0.39, 0.29) is 0 Å². The van der Waals surface area contributed by atoms with Crippen molar-refractivity contribution in [1.82, 2.24) is 4.98 Å². The van der Waals surface area contributed by atoms with E-state index >= 15 is 0 Å². The van der Waals surface area contributed by atoms with Crippen molar-refractivity contribution in [3.05, 3.63) is 17.8 Å². The summed E-state index contributed by atoms with van der Waals surface area (Å²) in [5, 5.41) is 0. The molecule has 2 N–H and O–H groups in total. The highest BCUT2D eigenvalue weighted by Gasteiger charge is 1.96. The molecule has 50 valence electrons. The summed E-state index contributed by atoms with van der Waals surface area (Å²) in [6.45, 7) is 2.40. The second kappa shape index (κ2) is 2.64. The fourth-order valence-corrected chi connectivity index (χ4v) is 0.606. The number of nitrogens with zero attached hydrogens (tertiary/aromatic N) is 1. The van der Waals surface area contributed by atoms with Gasteiger partial charge in [-0.25, -0.2) is 4.98 Å². The second-order valence-corrected chi connectivity index (χ2v) is 1.78. The Hall–Kier alpha value is -0.830. The summed E-state index contributed by atoms with van der Waals surface area (Å²) in [7, 11) is 0. The van der Waals surface area contributed by atoms with E-state index in [9.17, 15) is 0 Å². The van der Waals surface area contributed by atoms with Crippen LogP contribution in [0.4, 0.5) is 0 Å². The highest BCUT2D eigenvalue weighted by atomic mass is 16.4. The third-order valence-corrected chi connectivity index (χ3v) is 1.12. The van der Waals surface area contributed by atoms with E-state index in [1.807, 2.05) is 6.92 Å². The predicted molar refractivity (Wildman–Crippen MR) is 33.8 cm³/mol. The summed E-state index contributed by atoms with van der Waals surface area (Å²) >= 11 is 0. The zero-order valence-corrected chi connectivity index (χ0v) is 5.42. The molecular formula is C6H10N2O. The van der Waals surface area contributed by atoms with Gasteiger partial charge in [0.25, 0.3) is 0 Å². The van der Waals surface area contributed by atoms with Gasteiger partial charge in [-0.1, -0.05) is 6.92 Å². The molecule has 0 aliphatic rings. The number of hydrogen-bond acceptors (Lipinski definition) is 3. The average molecular weight is 126 g/mol. The largest absolute Gasteiger partial charge is 0.444 e. The summed E-state index contributed by atoms with van der Waals surface area (Å²) in [6.07, 6.45) is 2.59. The first kappa shape index (κ1) is 6.29. The van der Waals surface area contributed by atoms with E-state index in [2.05, 4.69) is 4.98 Å². The molecule has 0 aliphatic carbocycles. The number of nitrogens with two attached hydrogens (primary N) is 1. The Morgan fingerprint density at radius 2 is 2.56 bits per heavy atom. The maximum atomic E-state index is 5.26. The Morgan fingerprint density at radius 1 is 1.78 bits per heavy atom. The Bertz CT molecular complexity index is 164. The minimum absolute atomic E-state index is 0.389. The lowest BCUT2D eigenvalue weighted by Crippen LogP contribution is -1.94. The molecule has 0 bridgehead atoms. The monoisotopic (exact) mass is 126 g/mol. The van der Waals surface area contributed by atoms with E-state index in [1.54, 1.807) is 6.20 Å². The summed E-state index contributed by atoms with van der Waals surface area (Å²) in [6, 6.07) is 0. The normalized spacial score (nSPS) is 10.0. The molecule has 3 heteroatoms. The Labute approximate surface area is 53.9 Å². The first-order valence-electron chi connectivity index (χ1n) is 3.00. The van der Waals surface area contributed by atoms with Gasteiger partial charge in [-0.3, -0.25) is 0 Å². The molecule has 0 spiro atoms. The molecule has 0 aromatic carbocycles. The van der Waals surface area contributed by atoms with E-state index in [0.717, 1.165) is 12.2 Å². The molecule has 0 fully saturated rings. The Balaban J connectivity index is 2.74. The van der Waals surface area contributed by atoms with Crippen molar-refractivity contribution in [2.24, 2.45) is 5.73 Å². The number of rotatable bonds is 2. The molecule has 1 aromatic rings. The van der Waals surface area contributed by atoms with Crippen LogP contribution in [0.3, 0.4) is 0 Å². The van der Waals surface area contributed by atoms with Crippen molar-refractivity contribution in [2.75, 3.05) is 0 Å². The van der Waals surface area contributed by atoms with Crippen LogP contribution in [0.5, 0.6) is 0 Å². The van der Waals surface area contributed by atoms with Crippen molar-refractivity contribution in [3.63, 3.8) is 0 Å². The molecule has 1 rings (SSSR count). The van der Waals surface area contributed by atoms with Crippen LogP contribution in [0.15, 0.2) is 10.6 Å². The summed E-state index contributed by atoms with van der Waals surface area (Å²) < 4.78 is 5.15. The van der Waals surface area contributed by atoms with Crippen LogP contribution in [0.25, 0.3) is 0 Å². The molecule has 1 heterocycles. The first-order chi connectivity index (χ1) is 4.36. The second-order valence-electron chi connectivity index (χ2n) is 1.78. The minimum Gasteiger partial charge on any atom is -0.444 e. The molecule has 0 aliphatic heterocycles. The molecular weight excluding hydrogens is 116 g/mol. The zero-order chi connectivity index (χ0) is 6.69. The average Bonchev–Trinajstić information content (AvgIpc) is 2.34. The lowest BCUT2D eigenvalue weighted by Gasteiger charge is -1.84. The van der Waals surface area contributed by atoms with Crippen LogP contribution in [0.1, 0.15) is 18.6 Å². The van der Waals surface area contributed by atoms with Gasteiger partial charge in [-0.05, 0) is 0 Å². The maximum absolute atomic E-state index is 5.26. The van der Waals surface area contributed by atoms with Gasteiger partial charge in [0.05, 0.1) is 12.7 Å². The third kappa shape index (κ3) is 1.29. The van der Waals surface area contributed by atoms with E-state index in [0.29, 0.717) is 12.4 Å². The van der Waals surface area contributed by atoms with Gasteiger partial charge in [0, 0.05) is 6.42 Å². The number of aromatic nitrogens is 1. The van der Waals surface area contributed by atoms with Gasteiger partial charge in [0.1, 0.15) is 5.76 Å². The van der Waals surface area contributed by atoms with Crippen LogP contribution in [-0.2, 0) is 13.0 Å². The number of hydrogen-bond donors (Lipinski definition) is 1. The van der Waals surface area contributed by atoms with Crippen molar-refractivity contribution in [3.8, 4) is 0 Å². The van der Waals surface area contributed by atoms with Gasteiger partial charge < -0.3 is 10.2 Å². The maximum Gasteiger partial charge on any atom is 0.208 e.